The zero-order chi connectivity index (χ0) is 14.4. The second-order valence-electron chi connectivity index (χ2n) is 5.59. The summed E-state index contributed by atoms with van der Waals surface area (Å²) in [6.07, 6.45) is 3.89. The molecule has 1 aromatic carbocycles. The van der Waals surface area contributed by atoms with E-state index in [9.17, 15) is 4.79 Å². The average Bonchev–Trinajstić information content (AvgIpc) is 2.46. The van der Waals surface area contributed by atoms with Gasteiger partial charge in [0.1, 0.15) is 0 Å². The zero-order valence-corrected chi connectivity index (χ0v) is 12.1. The molecule has 1 aliphatic carbocycles. The van der Waals surface area contributed by atoms with Crippen LogP contribution in [0.25, 0.3) is 0 Å². The number of nitrogens with one attached hydrogen (secondary N) is 1. The quantitative estimate of drug-likeness (QED) is 0.864. The highest BCUT2D eigenvalue weighted by molar-refractivity contribution is 5.78. The Morgan fingerprint density at radius 2 is 2.00 bits per heavy atom. The lowest BCUT2D eigenvalue weighted by atomic mass is 9.85. The lowest BCUT2D eigenvalue weighted by Crippen LogP contribution is -2.37. The number of rotatable bonds is 5. The third-order valence-corrected chi connectivity index (χ3v) is 3.89. The third kappa shape index (κ3) is 4.32. The molecular formula is C16H24N2O2. The average molecular weight is 276 g/mol. The maximum atomic E-state index is 12.1. The van der Waals surface area contributed by atoms with Gasteiger partial charge in [0.2, 0.25) is 5.91 Å². The summed E-state index contributed by atoms with van der Waals surface area (Å²) in [5.74, 6) is 0.229. The molecular weight excluding hydrogens is 252 g/mol. The highest BCUT2D eigenvalue weighted by atomic mass is 16.5. The molecule has 0 aliphatic heterocycles. The van der Waals surface area contributed by atoms with Crippen LogP contribution in [0, 0.1) is 5.92 Å². The Bertz CT molecular complexity index is 431. The minimum absolute atomic E-state index is 0.0894. The molecule has 20 heavy (non-hydrogen) atoms. The molecule has 4 nitrogen and oxygen atoms in total. The maximum Gasteiger partial charge on any atom is 0.223 e. The first-order chi connectivity index (χ1) is 9.69. The second kappa shape index (κ2) is 7.41. The van der Waals surface area contributed by atoms with Crippen LogP contribution in [0.2, 0.25) is 0 Å². The van der Waals surface area contributed by atoms with Crippen molar-refractivity contribution in [1.82, 2.24) is 5.32 Å². The highest BCUT2D eigenvalue weighted by Gasteiger charge is 2.24. The molecule has 1 fully saturated rings. The van der Waals surface area contributed by atoms with E-state index in [0.717, 1.165) is 36.8 Å². The Hall–Kier alpha value is -1.39. The van der Waals surface area contributed by atoms with Gasteiger partial charge in [-0.2, -0.15) is 0 Å². The Labute approximate surface area is 120 Å². The Kier molecular flexibility index (Phi) is 5.56. The van der Waals surface area contributed by atoms with E-state index in [1.54, 1.807) is 7.11 Å². The fourth-order valence-corrected chi connectivity index (χ4v) is 2.72. The summed E-state index contributed by atoms with van der Waals surface area (Å²) in [5.41, 5.74) is 8.17. The number of ether oxygens (including phenoxy) is 1. The fourth-order valence-electron chi connectivity index (χ4n) is 2.72. The summed E-state index contributed by atoms with van der Waals surface area (Å²) in [4.78, 5) is 12.1. The minimum Gasteiger partial charge on any atom is -0.380 e. The molecule has 1 amide bonds. The maximum absolute atomic E-state index is 12.1. The van der Waals surface area contributed by atoms with Crippen molar-refractivity contribution in [1.29, 1.82) is 0 Å². The van der Waals surface area contributed by atoms with Gasteiger partial charge < -0.3 is 15.8 Å². The van der Waals surface area contributed by atoms with Gasteiger partial charge >= 0.3 is 0 Å². The van der Waals surface area contributed by atoms with Crippen molar-refractivity contribution in [3.05, 3.63) is 35.4 Å². The normalized spacial score (nSPS) is 22.5. The van der Waals surface area contributed by atoms with Crippen molar-refractivity contribution >= 4 is 5.91 Å². The summed E-state index contributed by atoms with van der Waals surface area (Å²) >= 11 is 0. The molecule has 0 spiro atoms. The van der Waals surface area contributed by atoms with E-state index in [4.69, 9.17) is 10.5 Å². The number of carbonyl (C=O) groups is 1. The number of benzene rings is 1. The van der Waals surface area contributed by atoms with Gasteiger partial charge in [-0.3, -0.25) is 4.79 Å². The highest BCUT2D eigenvalue weighted by Crippen LogP contribution is 2.23. The van der Waals surface area contributed by atoms with Crippen LogP contribution in [-0.2, 0) is 22.7 Å². The molecule has 2 rings (SSSR count). The predicted octanol–water partition coefficient (Wildman–Crippen LogP) is 1.97. The van der Waals surface area contributed by atoms with E-state index in [2.05, 4.69) is 5.32 Å². The summed E-state index contributed by atoms with van der Waals surface area (Å²) in [6, 6.07) is 8.30. The number of carbonyl (C=O) groups excluding carboxylic acids is 1. The number of nitrogens with two attached hydrogens (primary N) is 1. The summed E-state index contributed by atoms with van der Waals surface area (Å²) < 4.78 is 5.07. The molecule has 0 bridgehead atoms. The number of amides is 1. The zero-order valence-electron chi connectivity index (χ0n) is 12.1. The number of hydrogen-bond donors (Lipinski definition) is 2. The van der Waals surface area contributed by atoms with Crippen molar-refractivity contribution in [3.8, 4) is 0 Å². The van der Waals surface area contributed by atoms with Crippen molar-refractivity contribution in [3.63, 3.8) is 0 Å². The molecule has 4 heteroatoms. The first-order valence-corrected chi connectivity index (χ1v) is 7.29. The lowest BCUT2D eigenvalue weighted by Gasteiger charge is -2.25. The molecule has 2 atom stereocenters. The molecule has 0 heterocycles. The van der Waals surface area contributed by atoms with Crippen LogP contribution in [0.1, 0.15) is 36.8 Å². The van der Waals surface area contributed by atoms with Crippen LogP contribution in [0.4, 0.5) is 0 Å². The molecule has 3 N–H and O–H groups in total. The van der Waals surface area contributed by atoms with Gasteiger partial charge in [-0.05, 0) is 30.4 Å². The van der Waals surface area contributed by atoms with Crippen molar-refractivity contribution in [2.45, 2.75) is 44.9 Å². The molecule has 1 saturated carbocycles. The van der Waals surface area contributed by atoms with E-state index in [1.165, 1.54) is 0 Å². The number of methoxy groups -OCH3 is 1. The van der Waals surface area contributed by atoms with Crippen molar-refractivity contribution in [2.75, 3.05) is 7.11 Å². The van der Waals surface area contributed by atoms with Gasteiger partial charge in [-0.1, -0.05) is 30.7 Å². The Balaban J connectivity index is 1.80. The molecule has 0 radical (unpaired) electrons. The van der Waals surface area contributed by atoms with Gasteiger partial charge in [0.15, 0.2) is 0 Å². The monoisotopic (exact) mass is 276 g/mol. The summed E-state index contributed by atoms with van der Waals surface area (Å²) in [5, 5.41) is 3.01. The Morgan fingerprint density at radius 3 is 2.65 bits per heavy atom. The molecule has 0 aromatic heterocycles. The SMILES string of the molecule is COCc1ccc(CNC(=O)C2CCCC(N)C2)cc1. The van der Waals surface area contributed by atoms with Gasteiger partial charge in [0, 0.05) is 25.6 Å². The predicted molar refractivity (Wildman–Crippen MR) is 78.9 cm³/mol. The van der Waals surface area contributed by atoms with E-state index in [-0.39, 0.29) is 17.9 Å². The molecule has 2 unspecified atom stereocenters. The van der Waals surface area contributed by atoms with Gasteiger partial charge in [-0.25, -0.2) is 0 Å². The van der Waals surface area contributed by atoms with Crippen LogP contribution in [-0.4, -0.2) is 19.1 Å². The van der Waals surface area contributed by atoms with E-state index < -0.39 is 0 Å². The van der Waals surface area contributed by atoms with E-state index >= 15 is 0 Å². The van der Waals surface area contributed by atoms with Crippen molar-refractivity contribution in [2.24, 2.45) is 11.7 Å². The third-order valence-electron chi connectivity index (χ3n) is 3.89. The first-order valence-electron chi connectivity index (χ1n) is 7.29. The molecule has 1 aliphatic rings. The van der Waals surface area contributed by atoms with Crippen molar-refractivity contribution < 1.29 is 9.53 Å². The second-order valence-corrected chi connectivity index (χ2v) is 5.59. The van der Waals surface area contributed by atoms with Crippen LogP contribution in [0.5, 0.6) is 0 Å². The lowest BCUT2D eigenvalue weighted by molar-refractivity contribution is -0.126. The summed E-state index contributed by atoms with van der Waals surface area (Å²) in [6.45, 7) is 1.20. The standard InChI is InChI=1S/C16H24N2O2/c1-20-11-13-7-5-12(6-8-13)10-18-16(19)14-3-2-4-15(17)9-14/h5-8,14-15H,2-4,9-11,17H2,1H3,(H,18,19). The molecule has 110 valence electrons. The van der Waals surface area contributed by atoms with Crippen LogP contribution in [0.3, 0.4) is 0 Å². The van der Waals surface area contributed by atoms with Crippen LogP contribution >= 0.6 is 0 Å². The van der Waals surface area contributed by atoms with Crippen LogP contribution in [0.15, 0.2) is 24.3 Å². The van der Waals surface area contributed by atoms with Gasteiger partial charge in [0.05, 0.1) is 6.61 Å². The summed E-state index contributed by atoms with van der Waals surface area (Å²) in [7, 11) is 1.68. The molecule has 1 aromatic rings. The largest absolute Gasteiger partial charge is 0.380 e. The topological polar surface area (TPSA) is 64.3 Å². The Morgan fingerprint density at radius 1 is 1.30 bits per heavy atom. The molecule has 0 saturated heterocycles. The van der Waals surface area contributed by atoms with Gasteiger partial charge in [-0.15, -0.1) is 0 Å². The van der Waals surface area contributed by atoms with E-state index in [1.807, 2.05) is 24.3 Å². The van der Waals surface area contributed by atoms with E-state index in [0.29, 0.717) is 13.2 Å². The smallest absolute Gasteiger partial charge is 0.223 e. The minimum atomic E-state index is 0.0894. The van der Waals surface area contributed by atoms with Gasteiger partial charge in [0.25, 0.3) is 0 Å². The van der Waals surface area contributed by atoms with Crippen LogP contribution < -0.4 is 11.1 Å². The first kappa shape index (κ1) is 15.0. The fraction of sp³-hybridized carbons (Fsp3) is 0.562. The number of hydrogen-bond acceptors (Lipinski definition) is 3.